The molecule has 0 spiro atoms. The van der Waals surface area contributed by atoms with E-state index in [1.165, 1.54) is 25.1 Å². The lowest BCUT2D eigenvalue weighted by Gasteiger charge is -2.52. The number of phenolic OH excluding ortho intramolecular Hbond substituents is 1. The number of nitrogens with two attached hydrogens (primary N) is 1. The van der Waals surface area contributed by atoms with Crippen molar-refractivity contribution in [1.82, 2.24) is 4.90 Å². The molecule has 4 N–H and O–H groups in total. The fourth-order valence-corrected chi connectivity index (χ4v) is 6.16. The van der Waals surface area contributed by atoms with Crippen LogP contribution in [0.15, 0.2) is 6.07 Å². The molecule has 3 aliphatic carbocycles. The van der Waals surface area contributed by atoms with Gasteiger partial charge in [0.15, 0.2) is 40.9 Å². The van der Waals surface area contributed by atoms with Crippen molar-refractivity contribution in [3.05, 3.63) is 22.8 Å². The van der Waals surface area contributed by atoms with Gasteiger partial charge < -0.3 is 20.8 Å². The van der Waals surface area contributed by atoms with Crippen molar-refractivity contribution in [3.63, 3.8) is 0 Å². The van der Waals surface area contributed by atoms with Gasteiger partial charge in [0.05, 0.1) is 23.1 Å². The second-order valence-electron chi connectivity index (χ2n) is 9.99. The van der Waals surface area contributed by atoms with Crippen molar-refractivity contribution >= 4 is 41.0 Å². The molecule has 1 amide bonds. The Morgan fingerprint density at radius 3 is 2.29 bits per heavy atom. The Morgan fingerprint density at radius 1 is 1.14 bits per heavy atom. The molecule has 186 valence electrons. The topological polar surface area (TPSA) is 175 Å². The predicted octanol–water partition coefficient (Wildman–Crippen LogP) is -1.25. The molecule has 0 aliphatic heterocycles. The summed E-state index contributed by atoms with van der Waals surface area (Å²) in [4.78, 5) is 80.3. The van der Waals surface area contributed by atoms with Crippen LogP contribution in [0.25, 0.3) is 0 Å². The number of primary amides is 1. The van der Waals surface area contributed by atoms with Gasteiger partial charge in [-0.25, -0.2) is 0 Å². The number of likely N-dealkylation sites (N-methyl/N-ethyl adjacent to an activating group) is 1. The van der Waals surface area contributed by atoms with Crippen molar-refractivity contribution in [3.8, 4) is 5.75 Å². The summed E-state index contributed by atoms with van der Waals surface area (Å²) in [7, 11) is 6.45. The van der Waals surface area contributed by atoms with Crippen LogP contribution >= 0.6 is 0 Å². The van der Waals surface area contributed by atoms with Gasteiger partial charge in [0.1, 0.15) is 5.75 Å². The fourth-order valence-electron chi connectivity index (χ4n) is 6.16. The third-order valence-corrected chi connectivity index (χ3v) is 7.68. The van der Waals surface area contributed by atoms with Crippen molar-refractivity contribution < 1.29 is 39.0 Å². The van der Waals surface area contributed by atoms with Gasteiger partial charge >= 0.3 is 0 Å². The first kappa shape index (κ1) is 24.7. The lowest BCUT2D eigenvalue weighted by molar-refractivity contribution is -0.181. The summed E-state index contributed by atoms with van der Waals surface area (Å²) >= 11 is 0. The van der Waals surface area contributed by atoms with Crippen LogP contribution in [0.3, 0.4) is 0 Å². The van der Waals surface area contributed by atoms with Crippen LogP contribution < -0.4 is 10.6 Å². The third-order valence-electron chi connectivity index (χ3n) is 7.68. The Hall–Kier alpha value is -3.44. The Kier molecular flexibility index (Phi) is 5.68. The fraction of sp³-hybridized carbons (Fsp3) is 0.500. The smallest absolute Gasteiger partial charge is 0.235 e. The number of hydrogen-bond donors (Lipinski definition) is 3. The highest BCUT2D eigenvalue weighted by Crippen LogP contribution is 2.52. The van der Waals surface area contributed by atoms with Gasteiger partial charge in [0, 0.05) is 25.7 Å². The first-order valence-corrected chi connectivity index (χ1v) is 11.1. The zero-order valence-electron chi connectivity index (χ0n) is 19.8. The van der Waals surface area contributed by atoms with Crippen LogP contribution in [0.2, 0.25) is 0 Å². The van der Waals surface area contributed by atoms with E-state index >= 15 is 0 Å². The molecule has 2 saturated carbocycles. The number of ketones is 4. The lowest BCUT2D eigenvalue weighted by Crippen LogP contribution is -2.74. The van der Waals surface area contributed by atoms with Gasteiger partial charge in [0.2, 0.25) is 5.91 Å². The average molecular weight is 485 g/mol. The number of aldehydes is 1. The molecule has 0 radical (unpaired) electrons. The summed E-state index contributed by atoms with van der Waals surface area (Å²) in [6.07, 6.45) is 0.489. The average Bonchev–Trinajstić information content (AvgIpc) is 2.75. The van der Waals surface area contributed by atoms with E-state index in [4.69, 9.17) is 5.73 Å². The largest absolute Gasteiger partial charge is 0.506 e. The number of hydrogen-bond acceptors (Lipinski definition) is 10. The number of nitrogens with zero attached hydrogens (tertiary/aromatic N) is 2. The van der Waals surface area contributed by atoms with E-state index in [0.717, 1.165) is 0 Å². The summed E-state index contributed by atoms with van der Waals surface area (Å²) in [5.41, 5.74) is 3.12. The molecule has 4 rings (SSSR count). The predicted molar refractivity (Wildman–Crippen MR) is 121 cm³/mol. The second-order valence-corrected chi connectivity index (χ2v) is 9.99. The number of fused-ring (bicyclic) bond motifs is 3. The Balaban J connectivity index is 1.92. The maximum atomic E-state index is 13.7. The second kappa shape index (κ2) is 8.06. The van der Waals surface area contributed by atoms with Gasteiger partial charge in [-0.05, 0) is 44.5 Å². The van der Waals surface area contributed by atoms with Crippen LogP contribution in [0.5, 0.6) is 5.75 Å². The molecule has 0 saturated heterocycles. The Morgan fingerprint density at radius 2 is 1.77 bits per heavy atom. The van der Waals surface area contributed by atoms with Crippen LogP contribution in [0.1, 0.15) is 32.7 Å². The quantitative estimate of drug-likeness (QED) is 0.345. The monoisotopic (exact) mass is 485 g/mol. The minimum Gasteiger partial charge on any atom is -0.506 e. The third kappa shape index (κ3) is 3.18. The molecule has 0 heterocycles. The number of anilines is 1. The minimum atomic E-state index is -2.78. The van der Waals surface area contributed by atoms with Crippen LogP contribution in [0.4, 0.5) is 5.69 Å². The maximum absolute atomic E-state index is 13.7. The van der Waals surface area contributed by atoms with Gasteiger partial charge in [-0.3, -0.25) is 33.7 Å². The molecule has 6 atom stereocenters. The van der Waals surface area contributed by atoms with Gasteiger partial charge in [0.25, 0.3) is 0 Å². The van der Waals surface area contributed by atoms with E-state index in [9.17, 15) is 39.0 Å². The molecule has 6 unspecified atom stereocenters. The summed E-state index contributed by atoms with van der Waals surface area (Å²) in [6.45, 7) is 0. The number of amides is 1. The molecule has 1 aromatic carbocycles. The standard InChI is InChI=1S/C24H27N3O8/c1-26(2)13-7-10(8-28)18(29)15-11(13)5-9-6-12-17(27(3)4)20(31)16(23(25)34)22(33)24(12,35)21(32)14(9)19(15)30/h7-9,12,14,16-17,29,35H,5-6H2,1-4H3,(H2,25,34). The number of Topliss-reactive ketones (excluding diaryl/α,β-unsaturated/α-hetero) is 4. The molecular weight excluding hydrogens is 458 g/mol. The highest BCUT2D eigenvalue weighted by molar-refractivity contribution is 6.32. The molecule has 11 nitrogen and oxygen atoms in total. The van der Waals surface area contributed by atoms with E-state index in [2.05, 4.69) is 0 Å². The number of carbonyl (C=O) groups excluding carboxylic acids is 6. The summed E-state index contributed by atoms with van der Waals surface area (Å²) in [5.74, 6) is -11.3. The number of rotatable bonds is 4. The SMILES string of the molecule is CN(C)c1cc(C=O)c(O)c2c1CC1CC3C(N(C)C)C(=O)C(C(N)=O)C(=O)C3(O)C(=O)C1C2=O. The van der Waals surface area contributed by atoms with Crippen LogP contribution in [-0.2, 0) is 25.6 Å². The van der Waals surface area contributed by atoms with Gasteiger partial charge in [-0.1, -0.05) is 0 Å². The molecule has 3 aliphatic rings. The van der Waals surface area contributed by atoms with Crippen LogP contribution in [-0.4, -0.2) is 90.3 Å². The number of phenols is 1. The normalized spacial score (nSPS) is 32.1. The van der Waals surface area contributed by atoms with Crippen molar-refractivity contribution in [1.29, 1.82) is 0 Å². The zero-order valence-corrected chi connectivity index (χ0v) is 19.8. The number of aromatic hydroxyl groups is 1. The van der Waals surface area contributed by atoms with Crippen molar-refractivity contribution in [2.75, 3.05) is 33.1 Å². The van der Waals surface area contributed by atoms with E-state index < -0.39 is 70.1 Å². The minimum absolute atomic E-state index is 0.0348. The zero-order chi connectivity index (χ0) is 26.1. The van der Waals surface area contributed by atoms with Crippen molar-refractivity contribution in [2.45, 2.75) is 24.5 Å². The van der Waals surface area contributed by atoms with E-state index in [-0.39, 0.29) is 24.0 Å². The van der Waals surface area contributed by atoms with E-state index in [1.54, 1.807) is 19.0 Å². The molecule has 11 heteroatoms. The Labute approximate surface area is 200 Å². The summed E-state index contributed by atoms with van der Waals surface area (Å²) in [5, 5.41) is 22.2. The molecule has 1 aromatic rings. The van der Waals surface area contributed by atoms with Gasteiger partial charge in [-0.2, -0.15) is 0 Å². The molecule has 35 heavy (non-hydrogen) atoms. The lowest BCUT2D eigenvalue weighted by atomic mass is 9.52. The first-order chi connectivity index (χ1) is 16.3. The van der Waals surface area contributed by atoms with E-state index in [1.807, 2.05) is 0 Å². The molecule has 0 aromatic heterocycles. The van der Waals surface area contributed by atoms with E-state index in [0.29, 0.717) is 17.5 Å². The maximum Gasteiger partial charge on any atom is 0.235 e. The molecular formula is C24H27N3O8. The number of benzene rings is 1. The highest BCUT2D eigenvalue weighted by atomic mass is 16.3. The number of aliphatic hydroxyl groups is 1. The Bertz CT molecular complexity index is 1210. The molecule has 0 bridgehead atoms. The summed E-state index contributed by atoms with van der Waals surface area (Å²) < 4.78 is 0. The molecule has 2 fully saturated rings. The van der Waals surface area contributed by atoms with Crippen molar-refractivity contribution in [2.24, 2.45) is 29.4 Å². The first-order valence-electron chi connectivity index (χ1n) is 11.1. The van der Waals surface area contributed by atoms with Crippen LogP contribution in [0, 0.1) is 23.7 Å². The highest BCUT2D eigenvalue weighted by Gasteiger charge is 2.69. The summed E-state index contributed by atoms with van der Waals surface area (Å²) in [6, 6.07) is 0.291. The van der Waals surface area contributed by atoms with Gasteiger partial charge in [-0.15, -0.1) is 0 Å². The number of carbonyl (C=O) groups is 6.